The van der Waals surface area contributed by atoms with Crippen LogP contribution >= 0.6 is 22.7 Å². The molecular formula is C20H20FN3O3S2. The van der Waals surface area contributed by atoms with E-state index in [4.69, 9.17) is 4.74 Å². The van der Waals surface area contributed by atoms with Crippen LogP contribution in [0.25, 0.3) is 0 Å². The van der Waals surface area contributed by atoms with Crippen molar-refractivity contribution in [1.82, 2.24) is 9.88 Å². The highest BCUT2D eigenvalue weighted by atomic mass is 32.1. The van der Waals surface area contributed by atoms with Gasteiger partial charge in [0, 0.05) is 17.3 Å². The molecule has 1 N–H and O–H groups in total. The fourth-order valence-electron chi connectivity index (χ4n) is 2.45. The lowest BCUT2D eigenvalue weighted by Gasteiger charge is -2.17. The molecule has 2 aromatic heterocycles. The number of thiophene rings is 1. The maximum atomic E-state index is 13.5. The van der Waals surface area contributed by atoms with Gasteiger partial charge in [-0.05, 0) is 23.6 Å². The molecule has 3 aromatic rings. The van der Waals surface area contributed by atoms with Gasteiger partial charge in [0.05, 0.1) is 25.1 Å². The predicted octanol–water partition coefficient (Wildman–Crippen LogP) is 3.60. The Balaban J connectivity index is 1.43. The summed E-state index contributed by atoms with van der Waals surface area (Å²) in [5, 5.41) is 6.90. The zero-order valence-electron chi connectivity index (χ0n) is 15.8. The molecule has 0 spiro atoms. The molecule has 6 nitrogen and oxygen atoms in total. The number of carbonyl (C=O) groups excluding carboxylic acids is 2. The van der Waals surface area contributed by atoms with Crippen LogP contribution in [0.5, 0.6) is 5.75 Å². The average molecular weight is 434 g/mol. The van der Waals surface area contributed by atoms with Crippen LogP contribution in [-0.4, -0.2) is 41.9 Å². The minimum absolute atomic E-state index is 0.119. The van der Waals surface area contributed by atoms with Gasteiger partial charge in [-0.15, -0.1) is 22.7 Å². The number of rotatable bonds is 9. The average Bonchev–Trinajstić information content (AvgIpc) is 3.35. The smallest absolute Gasteiger partial charge is 0.231 e. The first-order valence-corrected chi connectivity index (χ1v) is 10.6. The second kappa shape index (κ2) is 10.1. The first kappa shape index (κ1) is 20.9. The van der Waals surface area contributed by atoms with E-state index in [2.05, 4.69) is 10.3 Å². The number of hydrogen-bond donors (Lipinski definition) is 1. The Kier molecular flexibility index (Phi) is 7.31. The number of ether oxygens (including phenoxy) is 1. The van der Waals surface area contributed by atoms with Gasteiger partial charge in [0.1, 0.15) is 6.61 Å². The van der Waals surface area contributed by atoms with Gasteiger partial charge in [-0.1, -0.05) is 18.2 Å². The van der Waals surface area contributed by atoms with Crippen molar-refractivity contribution in [3.63, 3.8) is 0 Å². The third kappa shape index (κ3) is 6.37. The molecule has 0 saturated heterocycles. The topological polar surface area (TPSA) is 71.5 Å². The molecular weight excluding hydrogens is 413 g/mol. The van der Waals surface area contributed by atoms with Crippen molar-refractivity contribution in [2.45, 2.75) is 12.8 Å². The summed E-state index contributed by atoms with van der Waals surface area (Å²) in [5.74, 6) is -0.542. The van der Waals surface area contributed by atoms with Gasteiger partial charge >= 0.3 is 0 Å². The lowest BCUT2D eigenvalue weighted by atomic mass is 10.3. The Hall–Kier alpha value is -2.78. The molecule has 3 rings (SSSR count). The van der Waals surface area contributed by atoms with E-state index in [9.17, 15) is 14.0 Å². The van der Waals surface area contributed by atoms with Crippen molar-refractivity contribution in [2.24, 2.45) is 0 Å². The maximum absolute atomic E-state index is 13.5. The third-order valence-corrected chi connectivity index (χ3v) is 5.67. The standard InChI is InChI=1S/C20H20FN3O3S2/c1-24(8-9-27-17-7-3-2-6-16(17)21)19(26)11-14-13-29-20(22-14)23-18(25)12-15-5-4-10-28-15/h2-7,10,13H,8-9,11-12H2,1H3,(H,22,23,25). The van der Waals surface area contributed by atoms with Crippen LogP contribution in [0.2, 0.25) is 0 Å². The van der Waals surface area contributed by atoms with Crippen LogP contribution in [-0.2, 0) is 22.4 Å². The van der Waals surface area contributed by atoms with Gasteiger partial charge in [0.2, 0.25) is 11.8 Å². The van der Waals surface area contributed by atoms with Crippen molar-refractivity contribution >= 4 is 39.6 Å². The van der Waals surface area contributed by atoms with Crippen LogP contribution in [0.1, 0.15) is 10.6 Å². The van der Waals surface area contributed by atoms with Gasteiger partial charge in [-0.3, -0.25) is 9.59 Å². The van der Waals surface area contributed by atoms with E-state index in [0.717, 1.165) is 4.88 Å². The van der Waals surface area contributed by atoms with Gasteiger partial charge in [-0.2, -0.15) is 0 Å². The van der Waals surface area contributed by atoms with Crippen LogP contribution in [0.15, 0.2) is 47.2 Å². The van der Waals surface area contributed by atoms with Gasteiger partial charge < -0.3 is 15.0 Å². The molecule has 0 aliphatic rings. The Morgan fingerprint density at radius 3 is 2.76 bits per heavy atom. The molecule has 29 heavy (non-hydrogen) atoms. The number of halogens is 1. The monoisotopic (exact) mass is 433 g/mol. The molecule has 0 bridgehead atoms. The summed E-state index contributed by atoms with van der Waals surface area (Å²) in [5.41, 5.74) is 0.591. The molecule has 2 heterocycles. The Bertz CT molecular complexity index is 960. The highest BCUT2D eigenvalue weighted by Crippen LogP contribution is 2.18. The summed E-state index contributed by atoms with van der Waals surface area (Å²) in [6.45, 7) is 0.506. The van der Waals surface area contributed by atoms with Gasteiger partial charge in [-0.25, -0.2) is 9.37 Å². The summed E-state index contributed by atoms with van der Waals surface area (Å²) >= 11 is 2.81. The van der Waals surface area contributed by atoms with Gasteiger partial charge in [0.15, 0.2) is 16.7 Å². The zero-order valence-corrected chi connectivity index (χ0v) is 17.4. The number of anilines is 1. The quantitative estimate of drug-likeness (QED) is 0.560. The molecule has 0 saturated carbocycles. The molecule has 9 heteroatoms. The maximum Gasteiger partial charge on any atom is 0.231 e. The number of carbonyl (C=O) groups is 2. The number of likely N-dealkylation sites (N-methyl/N-ethyl adjacent to an activating group) is 1. The van der Waals surface area contributed by atoms with Gasteiger partial charge in [0.25, 0.3) is 0 Å². The van der Waals surface area contributed by atoms with E-state index in [-0.39, 0.29) is 30.6 Å². The molecule has 2 amide bonds. The normalized spacial score (nSPS) is 10.6. The Morgan fingerprint density at radius 2 is 2.00 bits per heavy atom. The minimum Gasteiger partial charge on any atom is -0.489 e. The number of amides is 2. The van der Waals surface area contributed by atoms with E-state index in [0.29, 0.717) is 23.8 Å². The zero-order chi connectivity index (χ0) is 20.6. The van der Waals surface area contributed by atoms with Crippen molar-refractivity contribution in [3.8, 4) is 5.75 Å². The van der Waals surface area contributed by atoms with Crippen LogP contribution in [0.3, 0.4) is 0 Å². The fourth-order valence-corrected chi connectivity index (χ4v) is 3.88. The lowest BCUT2D eigenvalue weighted by molar-refractivity contribution is -0.129. The van der Waals surface area contributed by atoms with E-state index >= 15 is 0 Å². The first-order valence-electron chi connectivity index (χ1n) is 8.89. The molecule has 0 atom stereocenters. The van der Waals surface area contributed by atoms with Crippen molar-refractivity contribution < 1.29 is 18.7 Å². The summed E-state index contributed by atoms with van der Waals surface area (Å²) in [6, 6.07) is 9.95. The van der Waals surface area contributed by atoms with Crippen LogP contribution < -0.4 is 10.1 Å². The van der Waals surface area contributed by atoms with Crippen molar-refractivity contribution in [1.29, 1.82) is 0 Å². The summed E-state index contributed by atoms with van der Waals surface area (Å²) in [7, 11) is 1.66. The number of benzene rings is 1. The summed E-state index contributed by atoms with van der Waals surface area (Å²) < 4.78 is 18.9. The van der Waals surface area contributed by atoms with Crippen molar-refractivity contribution in [3.05, 3.63) is 63.5 Å². The van der Waals surface area contributed by atoms with Crippen molar-refractivity contribution in [2.75, 3.05) is 25.5 Å². The van der Waals surface area contributed by atoms with Crippen LogP contribution in [0.4, 0.5) is 9.52 Å². The molecule has 0 radical (unpaired) electrons. The van der Waals surface area contributed by atoms with E-state index < -0.39 is 5.82 Å². The van der Waals surface area contributed by atoms with Crippen LogP contribution in [0, 0.1) is 5.82 Å². The molecule has 152 valence electrons. The highest BCUT2D eigenvalue weighted by molar-refractivity contribution is 7.14. The SMILES string of the molecule is CN(CCOc1ccccc1F)C(=O)Cc1csc(NC(=O)Cc2cccs2)n1. The summed E-state index contributed by atoms with van der Waals surface area (Å²) in [4.78, 5) is 31.2. The van der Waals surface area contributed by atoms with E-state index in [1.165, 1.54) is 33.6 Å². The number of para-hydroxylation sites is 1. The third-order valence-electron chi connectivity index (χ3n) is 3.99. The highest BCUT2D eigenvalue weighted by Gasteiger charge is 2.14. The summed E-state index contributed by atoms with van der Waals surface area (Å²) in [6.07, 6.45) is 0.420. The minimum atomic E-state index is -0.433. The number of thiazole rings is 1. The number of nitrogens with one attached hydrogen (secondary N) is 1. The lowest BCUT2D eigenvalue weighted by Crippen LogP contribution is -2.32. The molecule has 1 aromatic carbocycles. The second-order valence-corrected chi connectivity index (χ2v) is 8.11. The number of aromatic nitrogens is 1. The molecule has 0 aliphatic carbocycles. The largest absolute Gasteiger partial charge is 0.489 e. The molecule has 0 aliphatic heterocycles. The Labute approximate surface area is 176 Å². The first-order chi connectivity index (χ1) is 14.0. The fraction of sp³-hybridized carbons (Fsp3) is 0.250. The number of nitrogens with zero attached hydrogens (tertiary/aromatic N) is 2. The second-order valence-electron chi connectivity index (χ2n) is 6.22. The molecule has 0 unspecified atom stereocenters. The predicted molar refractivity (Wildman–Crippen MR) is 112 cm³/mol. The molecule has 0 fully saturated rings. The van der Waals surface area contributed by atoms with E-state index in [1.807, 2.05) is 17.5 Å². The number of hydrogen-bond acceptors (Lipinski definition) is 6. The van der Waals surface area contributed by atoms with E-state index in [1.54, 1.807) is 30.6 Å². The Morgan fingerprint density at radius 1 is 1.17 bits per heavy atom.